The van der Waals surface area contributed by atoms with Gasteiger partial charge in [-0.25, -0.2) is 9.67 Å². The monoisotopic (exact) mass is 1160 g/mol. The molecule has 28 nitrogen and oxygen atoms in total. The highest BCUT2D eigenvalue weighted by Gasteiger charge is 2.54. The zero-order valence-electron chi connectivity index (χ0n) is 49.0. The molecule has 0 bridgehead atoms. The Bertz CT molecular complexity index is 2240. The van der Waals surface area contributed by atoms with Gasteiger partial charge < -0.3 is 99.2 Å². The fourth-order valence-electron chi connectivity index (χ4n) is 11.4. The first-order chi connectivity index (χ1) is 37.8. The van der Waals surface area contributed by atoms with Crippen LogP contribution < -0.4 is 11.1 Å². The van der Waals surface area contributed by atoms with E-state index in [9.17, 15) is 59.7 Å². The van der Waals surface area contributed by atoms with E-state index in [0.717, 1.165) is 11.0 Å². The summed E-state index contributed by atoms with van der Waals surface area (Å²) in [7, 11) is 6.78. The number of nitrogens with one attached hydrogen (secondary N) is 1. The Kier molecular flexibility index (Phi) is 23.9. The molecule has 2 amide bonds. The van der Waals surface area contributed by atoms with Crippen molar-refractivity contribution in [2.45, 2.75) is 222 Å². The fraction of sp³-hybridized carbons (Fsp3) is 0.868. The highest BCUT2D eigenvalue weighted by atomic mass is 16.7. The normalized spacial score (nSPS) is 40.5. The molecule has 0 aliphatic carbocycles. The molecule has 0 unspecified atom stereocenters. The number of carbonyl (C=O) groups is 5. The van der Waals surface area contributed by atoms with Crippen LogP contribution in [0.4, 0.5) is 0 Å². The van der Waals surface area contributed by atoms with E-state index in [1.807, 2.05) is 18.7 Å². The third-order valence-electron chi connectivity index (χ3n) is 16.4. The average molecular weight is 1160 g/mol. The molecule has 0 saturated carbocycles. The van der Waals surface area contributed by atoms with Gasteiger partial charge in [0.05, 0.1) is 60.6 Å². The van der Waals surface area contributed by atoms with E-state index >= 15 is 0 Å². The number of methoxy groups -OCH3 is 1. The predicted octanol–water partition coefficient (Wildman–Crippen LogP) is -1.74. The van der Waals surface area contributed by atoms with Crippen molar-refractivity contribution >= 4 is 29.7 Å². The van der Waals surface area contributed by atoms with Gasteiger partial charge in [-0.2, -0.15) is 0 Å². The number of nitrogens with two attached hydrogens (primary N) is 1. The number of esters is 3. The van der Waals surface area contributed by atoms with Gasteiger partial charge >= 0.3 is 17.9 Å². The standard InChI is InChI=1S/C53H91N7O21/c1-26-20-51(7,71)45(28(3)41(80-38-21-52(8,73-13)44(68)31(6)76-38)29(4)49(70)78-34(23-61)53(9,72)43(67)30(5)59(12)22-26)81-50-42(32(58(10)11)19-27(2)75-50)79-37(64)17-18-55-35(62)15-14-16-36(63)74-24-33-39(65)40(66)48(77-33)60-25-56-47(57-60)46(54)69/h25-34,38-45,48,50,61,65-68,71-72H,14-24H2,1-13H3,(H2,54,69)(H,55,62)/t26-,27-,28+,29-,30-,31+,32+,33+,34-,38+,39+,40+,41+,42-,43-,44+,45-,48+,50+,51-,52-,53-/m1/s1. The highest BCUT2D eigenvalue weighted by Crippen LogP contribution is 2.41. The van der Waals surface area contributed by atoms with Gasteiger partial charge in [0.15, 0.2) is 31.0 Å². The van der Waals surface area contributed by atoms with Crippen LogP contribution in [0.2, 0.25) is 0 Å². The molecule has 0 radical (unpaired) electrons. The summed E-state index contributed by atoms with van der Waals surface area (Å²) in [5, 5.41) is 85.4. The largest absolute Gasteiger partial charge is 0.463 e. The SMILES string of the molecule is CO[C@]1(C)C[C@H](O[C@H]2[C@H](C)[C@@H](O[C@@H]3O[C@H](C)C[C@H](N(C)C)[C@H]3OC(=O)CCNC(=O)CCCC(=O)OC[C@@H]3O[C@H](n4cnc(C(N)=O)n4)[C@@H](O)[C@H]3O)[C@](C)(O)C[C@@H](C)CN(C)[C@H](C)[C@@H](O)[C@](C)(O)[C@@H](CO)OC(=O)[C@@H]2C)O[C@@H](C)[C@@H]1O. The second-order valence-corrected chi connectivity index (χ2v) is 23.5. The lowest BCUT2D eigenvalue weighted by atomic mass is 9.77. The molecular formula is C53H91N7O21. The lowest BCUT2D eigenvalue weighted by Gasteiger charge is -2.49. The Hall–Kier alpha value is -4.11. The first-order valence-electron chi connectivity index (χ1n) is 27.8. The summed E-state index contributed by atoms with van der Waals surface area (Å²) in [6, 6.07) is -1.25. The third-order valence-corrected chi connectivity index (χ3v) is 16.4. The number of aromatic nitrogens is 3. The van der Waals surface area contributed by atoms with Crippen LogP contribution >= 0.6 is 0 Å². The molecule has 22 atom stereocenters. The van der Waals surface area contributed by atoms with Gasteiger partial charge in [-0.15, -0.1) is 5.10 Å². The number of likely N-dealkylation sites (N-methyl/N-ethyl adjacent to an activating group) is 2. The van der Waals surface area contributed by atoms with Crippen molar-refractivity contribution in [1.82, 2.24) is 29.9 Å². The number of primary amides is 1. The summed E-state index contributed by atoms with van der Waals surface area (Å²) in [5.41, 5.74) is 0.0987. The average Bonchev–Trinajstić information content (AvgIpc) is 4.06. The number of aliphatic hydroxyl groups excluding tert-OH is 5. The van der Waals surface area contributed by atoms with Crippen molar-refractivity contribution in [3.63, 3.8) is 0 Å². The second-order valence-electron chi connectivity index (χ2n) is 23.5. The van der Waals surface area contributed by atoms with Gasteiger partial charge in [-0.1, -0.05) is 13.8 Å². The van der Waals surface area contributed by atoms with Crippen molar-refractivity contribution in [3.8, 4) is 0 Å². The summed E-state index contributed by atoms with van der Waals surface area (Å²) < 4.78 is 56.0. The Morgan fingerprint density at radius 2 is 1.58 bits per heavy atom. The van der Waals surface area contributed by atoms with E-state index < -0.39 is 170 Å². The van der Waals surface area contributed by atoms with Crippen LogP contribution in [0.1, 0.15) is 124 Å². The van der Waals surface area contributed by atoms with E-state index in [4.69, 9.17) is 48.4 Å². The number of hydrogen-bond acceptors (Lipinski definition) is 25. The van der Waals surface area contributed by atoms with Crippen LogP contribution in [0.25, 0.3) is 0 Å². The van der Waals surface area contributed by atoms with E-state index in [-0.39, 0.29) is 63.4 Å². The minimum absolute atomic E-state index is 0.00136. The summed E-state index contributed by atoms with van der Waals surface area (Å²) in [6.45, 7) is 13.7. The second kappa shape index (κ2) is 28.6. The topological polar surface area (TPSA) is 385 Å². The van der Waals surface area contributed by atoms with E-state index in [1.165, 1.54) is 21.0 Å². The maximum Gasteiger partial charge on any atom is 0.311 e. The molecule has 4 aliphatic rings. The minimum Gasteiger partial charge on any atom is -0.463 e. The molecule has 81 heavy (non-hydrogen) atoms. The van der Waals surface area contributed by atoms with Crippen LogP contribution in [0.15, 0.2) is 6.33 Å². The van der Waals surface area contributed by atoms with E-state index in [2.05, 4.69) is 15.4 Å². The molecule has 1 aromatic heterocycles. The molecule has 4 saturated heterocycles. The van der Waals surface area contributed by atoms with Crippen molar-refractivity contribution in [1.29, 1.82) is 0 Å². The number of aliphatic hydroxyl groups is 7. The van der Waals surface area contributed by atoms with E-state index in [1.54, 1.807) is 60.7 Å². The first-order valence-corrected chi connectivity index (χ1v) is 27.8. The molecule has 1 aromatic rings. The van der Waals surface area contributed by atoms with Crippen LogP contribution in [-0.2, 0) is 61.8 Å². The molecule has 5 heterocycles. The Morgan fingerprint density at radius 1 is 0.901 bits per heavy atom. The van der Waals surface area contributed by atoms with Crippen LogP contribution in [0.3, 0.4) is 0 Å². The third kappa shape index (κ3) is 16.8. The maximum atomic E-state index is 14.5. The predicted molar refractivity (Wildman–Crippen MR) is 282 cm³/mol. The van der Waals surface area contributed by atoms with Crippen molar-refractivity contribution in [2.75, 3.05) is 54.6 Å². The molecular weight excluding hydrogens is 1070 g/mol. The zero-order valence-corrected chi connectivity index (χ0v) is 49.0. The molecule has 4 fully saturated rings. The number of amides is 2. The fourth-order valence-corrected chi connectivity index (χ4v) is 11.4. The van der Waals surface area contributed by atoms with Crippen molar-refractivity contribution in [3.05, 3.63) is 12.2 Å². The Labute approximate surface area is 473 Å². The maximum absolute atomic E-state index is 14.5. The summed E-state index contributed by atoms with van der Waals surface area (Å²) in [5.74, 6) is -6.65. The van der Waals surface area contributed by atoms with Crippen LogP contribution in [0, 0.1) is 17.8 Å². The summed E-state index contributed by atoms with van der Waals surface area (Å²) in [6.07, 6.45) is -15.9. The Morgan fingerprint density at radius 3 is 2.20 bits per heavy atom. The van der Waals surface area contributed by atoms with Gasteiger partial charge in [-0.05, 0) is 94.8 Å². The van der Waals surface area contributed by atoms with Gasteiger partial charge in [-0.3, -0.25) is 24.0 Å². The van der Waals surface area contributed by atoms with Crippen molar-refractivity contribution in [2.24, 2.45) is 23.5 Å². The number of ether oxygens (including phenoxy) is 9. The van der Waals surface area contributed by atoms with Gasteiger partial charge in [0.2, 0.25) is 11.7 Å². The van der Waals surface area contributed by atoms with Crippen LogP contribution in [0.5, 0.6) is 0 Å². The summed E-state index contributed by atoms with van der Waals surface area (Å²) in [4.78, 5) is 72.5. The smallest absolute Gasteiger partial charge is 0.311 e. The van der Waals surface area contributed by atoms with Gasteiger partial charge in [0.1, 0.15) is 49.1 Å². The molecule has 4 aliphatic heterocycles. The lowest BCUT2D eigenvalue weighted by Crippen LogP contribution is -2.61. The first kappa shape index (κ1) is 67.7. The lowest BCUT2D eigenvalue weighted by molar-refractivity contribution is -0.319. The number of rotatable bonds is 19. The number of cyclic esters (lactones) is 1. The number of carbonyl (C=O) groups excluding carboxylic acids is 5. The highest BCUT2D eigenvalue weighted by molar-refractivity contribution is 5.88. The molecule has 10 N–H and O–H groups in total. The number of hydrogen-bond donors (Lipinski definition) is 9. The van der Waals surface area contributed by atoms with Crippen molar-refractivity contribution < 1.29 is 102 Å². The minimum atomic E-state index is -2.14. The van der Waals surface area contributed by atoms with E-state index in [0.29, 0.717) is 6.42 Å². The van der Waals surface area contributed by atoms with Gasteiger partial charge in [0, 0.05) is 51.4 Å². The zero-order chi connectivity index (χ0) is 60.6. The molecule has 5 rings (SSSR count). The number of nitrogens with zero attached hydrogens (tertiary/aromatic N) is 5. The molecule has 464 valence electrons. The molecule has 0 spiro atoms. The molecule has 0 aromatic carbocycles. The quantitative estimate of drug-likeness (QED) is 0.0549. The molecule has 28 heteroatoms. The Balaban J connectivity index is 1.31. The van der Waals surface area contributed by atoms with Gasteiger partial charge in [0.25, 0.3) is 5.91 Å². The van der Waals surface area contributed by atoms with Crippen LogP contribution in [-0.4, -0.2) is 253 Å². The summed E-state index contributed by atoms with van der Waals surface area (Å²) >= 11 is 0.